The Kier molecular flexibility index (Phi) is 4.08. The molecule has 0 atom stereocenters. The van der Waals surface area contributed by atoms with Crippen molar-refractivity contribution in [3.8, 4) is 16.2 Å². The molecule has 0 saturated heterocycles. The van der Waals surface area contributed by atoms with Crippen LogP contribution in [0.1, 0.15) is 15.2 Å². The summed E-state index contributed by atoms with van der Waals surface area (Å²) >= 11 is 1.47. The number of hydrogen-bond acceptors (Lipinski definition) is 3. The summed E-state index contributed by atoms with van der Waals surface area (Å²) in [5.41, 5.74) is 1.95. The fourth-order valence-corrected chi connectivity index (χ4v) is 3.86. The molecule has 0 aliphatic heterocycles. The lowest BCUT2D eigenvalue weighted by atomic mass is 10.0. The zero-order valence-corrected chi connectivity index (χ0v) is 14.3. The second-order valence-electron chi connectivity index (χ2n) is 6.00. The number of ketones is 1. The monoisotopic (exact) mass is 344 g/mol. The SMILES string of the molecule is O=C(Cc1ccc2ccccc2c1)c1ccc(-c2cccc(O)c2)s1. The molecular weight excluding hydrogens is 328 g/mol. The molecule has 0 radical (unpaired) electrons. The van der Waals surface area contributed by atoms with Crippen LogP contribution in [0.4, 0.5) is 0 Å². The van der Waals surface area contributed by atoms with Gasteiger partial charge in [0, 0.05) is 11.3 Å². The fourth-order valence-electron chi connectivity index (χ4n) is 2.92. The smallest absolute Gasteiger partial charge is 0.177 e. The molecule has 0 amide bonds. The standard InChI is InChI=1S/C22H16O2S/c23-19-7-3-6-18(14-19)21-10-11-22(25-21)20(24)13-15-8-9-16-4-1-2-5-17(16)12-15/h1-12,14,23H,13H2. The summed E-state index contributed by atoms with van der Waals surface area (Å²) in [6.45, 7) is 0. The molecule has 0 unspecified atom stereocenters. The molecule has 4 rings (SSSR count). The third kappa shape index (κ3) is 3.32. The van der Waals surface area contributed by atoms with Crippen molar-refractivity contribution in [1.29, 1.82) is 0 Å². The van der Waals surface area contributed by atoms with E-state index in [1.165, 1.54) is 16.7 Å². The van der Waals surface area contributed by atoms with Crippen molar-refractivity contribution in [1.82, 2.24) is 0 Å². The van der Waals surface area contributed by atoms with Crippen molar-refractivity contribution in [2.24, 2.45) is 0 Å². The summed E-state index contributed by atoms with van der Waals surface area (Å²) in [4.78, 5) is 14.3. The highest BCUT2D eigenvalue weighted by molar-refractivity contribution is 7.17. The van der Waals surface area contributed by atoms with E-state index in [2.05, 4.69) is 24.3 Å². The minimum atomic E-state index is 0.117. The minimum Gasteiger partial charge on any atom is -0.508 e. The van der Waals surface area contributed by atoms with Crippen molar-refractivity contribution < 1.29 is 9.90 Å². The van der Waals surface area contributed by atoms with Gasteiger partial charge in [-0.25, -0.2) is 0 Å². The van der Waals surface area contributed by atoms with Gasteiger partial charge in [0.05, 0.1) is 4.88 Å². The number of fused-ring (bicyclic) bond motifs is 1. The Morgan fingerprint density at radius 2 is 1.68 bits per heavy atom. The number of aromatic hydroxyl groups is 1. The summed E-state index contributed by atoms with van der Waals surface area (Å²) in [7, 11) is 0. The second-order valence-corrected chi connectivity index (χ2v) is 7.08. The molecule has 1 N–H and O–H groups in total. The Hall–Kier alpha value is -2.91. The number of carbonyl (C=O) groups excluding carboxylic acids is 1. The van der Waals surface area contributed by atoms with E-state index in [0.717, 1.165) is 26.3 Å². The van der Waals surface area contributed by atoms with Crippen LogP contribution < -0.4 is 0 Å². The molecule has 2 nitrogen and oxygen atoms in total. The zero-order valence-electron chi connectivity index (χ0n) is 13.5. The lowest BCUT2D eigenvalue weighted by Gasteiger charge is -2.03. The predicted molar refractivity (Wildman–Crippen MR) is 103 cm³/mol. The Bertz CT molecular complexity index is 1060. The Morgan fingerprint density at radius 3 is 2.52 bits per heavy atom. The van der Waals surface area contributed by atoms with Gasteiger partial charge in [-0.15, -0.1) is 11.3 Å². The third-order valence-electron chi connectivity index (χ3n) is 4.19. The Labute approximate surface area is 150 Å². The number of carbonyl (C=O) groups is 1. The molecule has 25 heavy (non-hydrogen) atoms. The maximum atomic E-state index is 12.6. The number of hydrogen-bond donors (Lipinski definition) is 1. The van der Waals surface area contributed by atoms with Crippen LogP contribution in [0.25, 0.3) is 21.2 Å². The van der Waals surface area contributed by atoms with Gasteiger partial charge in [0.2, 0.25) is 0 Å². The van der Waals surface area contributed by atoms with Crippen LogP contribution in [-0.2, 0) is 6.42 Å². The van der Waals surface area contributed by atoms with Gasteiger partial charge in [0.25, 0.3) is 0 Å². The van der Waals surface area contributed by atoms with Crippen LogP contribution in [-0.4, -0.2) is 10.9 Å². The van der Waals surface area contributed by atoms with E-state index >= 15 is 0 Å². The summed E-state index contributed by atoms with van der Waals surface area (Å²) in [6.07, 6.45) is 0.394. The predicted octanol–water partition coefficient (Wildman–Crippen LogP) is 5.70. The number of Topliss-reactive ketones (excluding diaryl/α,β-unsaturated/α-hetero) is 1. The summed E-state index contributed by atoms with van der Waals surface area (Å²) in [6, 6.07) is 25.2. The summed E-state index contributed by atoms with van der Waals surface area (Å²) < 4.78 is 0. The van der Waals surface area contributed by atoms with Crippen LogP contribution in [0.5, 0.6) is 5.75 Å². The van der Waals surface area contributed by atoms with E-state index in [-0.39, 0.29) is 11.5 Å². The molecule has 1 aromatic heterocycles. The fraction of sp³-hybridized carbons (Fsp3) is 0.0455. The van der Waals surface area contributed by atoms with E-state index < -0.39 is 0 Å². The van der Waals surface area contributed by atoms with Crippen molar-refractivity contribution in [3.63, 3.8) is 0 Å². The average molecular weight is 344 g/mol. The van der Waals surface area contributed by atoms with Crippen molar-refractivity contribution in [2.45, 2.75) is 6.42 Å². The van der Waals surface area contributed by atoms with E-state index in [4.69, 9.17) is 0 Å². The van der Waals surface area contributed by atoms with Gasteiger partial charge < -0.3 is 5.11 Å². The summed E-state index contributed by atoms with van der Waals surface area (Å²) in [5, 5.41) is 11.9. The number of rotatable bonds is 4. The zero-order chi connectivity index (χ0) is 17.2. The number of benzene rings is 3. The minimum absolute atomic E-state index is 0.117. The molecule has 0 saturated carbocycles. The molecule has 0 spiro atoms. The molecule has 3 heteroatoms. The van der Waals surface area contributed by atoms with Crippen molar-refractivity contribution in [2.75, 3.05) is 0 Å². The van der Waals surface area contributed by atoms with Gasteiger partial charge >= 0.3 is 0 Å². The summed E-state index contributed by atoms with van der Waals surface area (Å²) in [5.74, 6) is 0.349. The number of thiophene rings is 1. The van der Waals surface area contributed by atoms with Crippen LogP contribution >= 0.6 is 11.3 Å². The second kappa shape index (κ2) is 6.54. The maximum absolute atomic E-state index is 12.6. The Balaban J connectivity index is 1.56. The number of phenols is 1. The number of phenolic OH excluding ortho intramolecular Hbond substituents is 1. The largest absolute Gasteiger partial charge is 0.508 e. The Morgan fingerprint density at radius 1 is 0.840 bits per heavy atom. The van der Waals surface area contributed by atoms with E-state index in [1.54, 1.807) is 18.2 Å². The highest BCUT2D eigenvalue weighted by Crippen LogP contribution is 2.30. The molecule has 4 aromatic rings. The molecule has 0 bridgehead atoms. The normalized spacial score (nSPS) is 10.9. The van der Waals surface area contributed by atoms with Gasteiger partial charge in [0.1, 0.15) is 5.75 Å². The lowest BCUT2D eigenvalue weighted by Crippen LogP contribution is -2.00. The first-order valence-corrected chi connectivity index (χ1v) is 8.91. The first-order valence-electron chi connectivity index (χ1n) is 8.09. The van der Waals surface area contributed by atoms with Crippen LogP contribution in [0.3, 0.4) is 0 Å². The van der Waals surface area contributed by atoms with Gasteiger partial charge in [-0.3, -0.25) is 4.79 Å². The van der Waals surface area contributed by atoms with Gasteiger partial charge in [0.15, 0.2) is 5.78 Å². The average Bonchev–Trinajstić information content (AvgIpc) is 3.12. The third-order valence-corrected chi connectivity index (χ3v) is 5.37. The van der Waals surface area contributed by atoms with Gasteiger partial charge in [-0.2, -0.15) is 0 Å². The molecule has 122 valence electrons. The maximum Gasteiger partial charge on any atom is 0.177 e. The molecule has 0 aliphatic carbocycles. The molecule has 1 heterocycles. The first kappa shape index (κ1) is 15.6. The molecule has 3 aromatic carbocycles. The van der Waals surface area contributed by atoms with E-state index in [9.17, 15) is 9.90 Å². The lowest BCUT2D eigenvalue weighted by molar-refractivity contribution is 0.0997. The molecule has 0 aliphatic rings. The van der Waals surface area contributed by atoms with Gasteiger partial charge in [-0.05, 0) is 46.2 Å². The molecular formula is C22H16O2S. The van der Waals surface area contributed by atoms with Gasteiger partial charge in [-0.1, -0.05) is 54.6 Å². The quantitative estimate of drug-likeness (QED) is 0.482. The van der Waals surface area contributed by atoms with Crippen LogP contribution in [0.15, 0.2) is 78.9 Å². The molecule has 0 fully saturated rings. The van der Waals surface area contributed by atoms with Crippen molar-refractivity contribution >= 4 is 27.9 Å². The van der Waals surface area contributed by atoms with E-state index in [1.807, 2.05) is 36.4 Å². The van der Waals surface area contributed by atoms with Crippen molar-refractivity contribution in [3.05, 3.63) is 89.3 Å². The topological polar surface area (TPSA) is 37.3 Å². The highest BCUT2D eigenvalue weighted by Gasteiger charge is 2.12. The van der Waals surface area contributed by atoms with Crippen LogP contribution in [0.2, 0.25) is 0 Å². The first-order chi connectivity index (χ1) is 12.2. The van der Waals surface area contributed by atoms with Crippen LogP contribution in [0, 0.1) is 0 Å². The van der Waals surface area contributed by atoms with E-state index in [0.29, 0.717) is 6.42 Å². The highest BCUT2D eigenvalue weighted by atomic mass is 32.1.